The highest BCUT2D eigenvalue weighted by atomic mass is 16.2. The van der Waals surface area contributed by atoms with Gasteiger partial charge in [-0.1, -0.05) is 24.3 Å². The van der Waals surface area contributed by atoms with Gasteiger partial charge in [0, 0.05) is 54.5 Å². The molecule has 3 aromatic rings. The first-order valence-corrected chi connectivity index (χ1v) is 9.69. The Hall–Kier alpha value is -2.66. The maximum Gasteiger partial charge on any atom is 0.226 e. The van der Waals surface area contributed by atoms with E-state index in [0.29, 0.717) is 13.1 Å². The number of aromatic amines is 1. The Kier molecular flexibility index (Phi) is 5.21. The molecule has 0 unspecified atom stereocenters. The monoisotopic (exact) mass is 362 g/mol. The molecule has 0 spiro atoms. The maximum absolute atomic E-state index is 13.2. The Morgan fingerprint density at radius 1 is 1.22 bits per heavy atom. The smallest absolute Gasteiger partial charge is 0.226 e. The van der Waals surface area contributed by atoms with Crippen LogP contribution in [0.2, 0.25) is 0 Å². The van der Waals surface area contributed by atoms with E-state index in [9.17, 15) is 4.79 Å². The molecular weight excluding hydrogens is 336 g/mol. The van der Waals surface area contributed by atoms with Crippen molar-refractivity contribution in [1.82, 2.24) is 14.9 Å². The van der Waals surface area contributed by atoms with Gasteiger partial charge in [0.2, 0.25) is 5.91 Å². The summed E-state index contributed by atoms with van der Waals surface area (Å²) in [6.07, 6.45) is 9.13. The SMILES string of the molecule is N[C@@H]1CC[C@H](C(=O)N(CCc2c[nH]c3ccccc23)Cc2cccnc2)C1. The molecule has 1 aromatic carbocycles. The van der Waals surface area contributed by atoms with Gasteiger partial charge in [-0.2, -0.15) is 0 Å². The highest BCUT2D eigenvalue weighted by Crippen LogP contribution is 2.27. The number of nitrogens with zero attached hydrogens (tertiary/aromatic N) is 2. The highest BCUT2D eigenvalue weighted by Gasteiger charge is 2.31. The van der Waals surface area contributed by atoms with Crippen molar-refractivity contribution in [3.05, 3.63) is 66.1 Å². The number of carbonyl (C=O) groups is 1. The predicted molar refractivity (Wildman–Crippen MR) is 107 cm³/mol. The Morgan fingerprint density at radius 3 is 2.89 bits per heavy atom. The highest BCUT2D eigenvalue weighted by molar-refractivity contribution is 5.83. The first-order chi connectivity index (χ1) is 13.2. The molecule has 1 amide bonds. The quantitative estimate of drug-likeness (QED) is 0.707. The number of fused-ring (bicyclic) bond motifs is 1. The zero-order valence-corrected chi connectivity index (χ0v) is 15.5. The van der Waals surface area contributed by atoms with Crippen molar-refractivity contribution in [3.8, 4) is 0 Å². The minimum Gasteiger partial charge on any atom is -0.361 e. The third-order valence-corrected chi connectivity index (χ3v) is 5.56. The average molecular weight is 362 g/mol. The number of carbonyl (C=O) groups excluding carboxylic acids is 1. The molecule has 1 saturated carbocycles. The molecule has 0 bridgehead atoms. The fourth-order valence-electron chi connectivity index (χ4n) is 4.07. The third kappa shape index (κ3) is 4.03. The molecule has 5 heteroatoms. The van der Waals surface area contributed by atoms with Crippen LogP contribution in [0.25, 0.3) is 10.9 Å². The lowest BCUT2D eigenvalue weighted by atomic mass is 10.0. The number of amides is 1. The number of rotatable bonds is 6. The van der Waals surface area contributed by atoms with Crippen molar-refractivity contribution in [2.24, 2.45) is 11.7 Å². The van der Waals surface area contributed by atoms with Crippen LogP contribution < -0.4 is 5.73 Å². The van der Waals surface area contributed by atoms with Crippen molar-refractivity contribution in [1.29, 1.82) is 0 Å². The largest absolute Gasteiger partial charge is 0.361 e. The number of nitrogens with two attached hydrogens (primary N) is 1. The molecule has 0 aliphatic heterocycles. The molecule has 1 fully saturated rings. The van der Waals surface area contributed by atoms with Gasteiger partial charge < -0.3 is 15.6 Å². The van der Waals surface area contributed by atoms with Gasteiger partial charge in [-0.15, -0.1) is 0 Å². The molecule has 0 radical (unpaired) electrons. The lowest BCUT2D eigenvalue weighted by molar-refractivity contribution is -0.136. The lowest BCUT2D eigenvalue weighted by Crippen LogP contribution is -2.37. The molecule has 2 aromatic heterocycles. The number of hydrogen-bond acceptors (Lipinski definition) is 3. The zero-order valence-electron chi connectivity index (χ0n) is 15.5. The number of hydrogen-bond donors (Lipinski definition) is 2. The van der Waals surface area contributed by atoms with Gasteiger partial charge in [0.05, 0.1) is 0 Å². The Balaban J connectivity index is 1.51. The van der Waals surface area contributed by atoms with Crippen LogP contribution in [0.3, 0.4) is 0 Å². The number of nitrogens with one attached hydrogen (secondary N) is 1. The Bertz CT molecular complexity index is 905. The van der Waals surface area contributed by atoms with Gasteiger partial charge >= 0.3 is 0 Å². The second-order valence-electron chi connectivity index (χ2n) is 7.50. The van der Waals surface area contributed by atoms with E-state index in [-0.39, 0.29) is 17.9 Å². The minimum absolute atomic E-state index is 0.0552. The molecular formula is C22H26N4O. The van der Waals surface area contributed by atoms with Gasteiger partial charge in [0.25, 0.3) is 0 Å². The van der Waals surface area contributed by atoms with Gasteiger partial charge in [-0.3, -0.25) is 9.78 Å². The standard InChI is InChI=1S/C22H26N4O/c23-19-8-7-17(12-19)22(27)26(15-16-4-3-10-24-13-16)11-9-18-14-25-21-6-2-1-5-20(18)21/h1-6,10,13-14,17,19,25H,7-9,11-12,15,23H2/t17-,19+/m0/s1. The second-order valence-corrected chi connectivity index (χ2v) is 7.50. The summed E-state index contributed by atoms with van der Waals surface area (Å²) in [6.45, 7) is 1.29. The molecule has 1 aliphatic carbocycles. The van der Waals surface area contributed by atoms with E-state index in [2.05, 4.69) is 34.4 Å². The second kappa shape index (κ2) is 7.92. The summed E-state index contributed by atoms with van der Waals surface area (Å²) >= 11 is 0. The van der Waals surface area contributed by atoms with E-state index in [0.717, 1.165) is 36.8 Å². The van der Waals surface area contributed by atoms with Crippen LogP contribution in [0.4, 0.5) is 0 Å². The fourth-order valence-corrected chi connectivity index (χ4v) is 4.07. The van der Waals surface area contributed by atoms with E-state index >= 15 is 0 Å². The zero-order chi connectivity index (χ0) is 18.6. The van der Waals surface area contributed by atoms with Crippen LogP contribution in [0.15, 0.2) is 55.0 Å². The summed E-state index contributed by atoms with van der Waals surface area (Å²) in [4.78, 5) is 22.7. The van der Waals surface area contributed by atoms with Crippen molar-refractivity contribution in [2.75, 3.05) is 6.54 Å². The number of para-hydroxylation sites is 1. The normalized spacial score (nSPS) is 19.4. The van der Waals surface area contributed by atoms with E-state index in [1.807, 2.05) is 29.3 Å². The molecule has 27 heavy (non-hydrogen) atoms. The van der Waals surface area contributed by atoms with Crippen LogP contribution in [0, 0.1) is 5.92 Å². The lowest BCUT2D eigenvalue weighted by Gasteiger charge is -2.26. The first-order valence-electron chi connectivity index (χ1n) is 9.69. The van der Waals surface area contributed by atoms with E-state index in [1.165, 1.54) is 10.9 Å². The first kappa shape index (κ1) is 17.7. The summed E-state index contributed by atoms with van der Waals surface area (Å²) in [5.74, 6) is 0.284. The molecule has 2 atom stereocenters. The van der Waals surface area contributed by atoms with E-state index < -0.39 is 0 Å². The van der Waals surface area contributed by atoms with Gasteiger partial charge in [0.1, 0.15) is 0 Å². The fraction of sp³-hybridized carbons (Fsp3) is 0.364. The van der Waals surface area contributed by atoms with Crippen LogP contribution in [-0.4, -0.2) is 33.4 Å². The summed E-state index contributed by atoms with van der Waals surface area (Å²) in [6, 6.07) is 12.4. The number of aromatic nitrogens is 2. The van der Waals surface area contributed by atoms with Crippen molar-refractivity contribution in [3.63, 3.8) is 0 Å². The van der Waals surface area contributed by atoms with Gasteiger partial charge in [-0.25, -0.2) is 0 Å². The maximum atomic E-state index is 13.2. The molecule has 1 aliphatic rings. The predicted octanol–water partition coefficient (Wildman–Crippen LogP) is 3.26. The van der Waals surface area contributed by atoms with Crippen molar-refractivity contribution >= 4 is 16.8 Å². The van der Waals surface area contributed by atoms with Crippen molar-refractivity contribution in [2.45, 2.75) is 38.3 Å². The summed E-state index contributed by atoms with van der Waals surface area (Å²) in [5.41, 5.74) is 9.49. The minimum atomic E-state index is 0.0552. The van der Waals surface area contributed by atoms with Gasteiger partial charge in [-0.05, 0) is 48.9 Å². The molecule has 5 nitrogen and oxygen atoms in total. The van der Waals surface area contributed by atoms with Crippen molar-refractivity contribution < 1.29 is 4.79 Å². The summed E-state index contributed by atoms with van der Waals surface area (Å²) < 4.78 is 0. The average Bonchev–Trinajstić information content (AvgIpc) is 3.32. The third-order valence-electron chi connectivity index (χ3n) is 5.56. The summed E-state index contributed by atoms with van der Waals surface area (Å²) in [5, 5.41) is 1.23. The molecule has 4 rings (SSSR count). The van der Waals surface area contributed by atoms with Crippen LogP contribution in [0.5, 0.6) is 0 Å². The Labute approximate surface area is 159 Å². The van der Waals surface area contributed by atoms with Gasteiger partial charge in [0.15, 0.2) is 0 Å². The number of benzene rings is 1. The van der Waals surface area contributed by atoms with Crippen LogP contribution >= 0.6 is 0 Å². The molecule has 0 saturated heterocycles. The number of H-pyrrole nitrogens is 1. The van der Waals surface area contributed by atoms with E-state index in [4.69, 9.17) is 5.73 Å². The Morgan fingerprint density at radius 2 is 2.11 bits per heavy atom. The summed E-state index contributed by atoms with van der Waals surface area (Å²) in [7, 11) is 0. The van der Waals surface area contributed by atoms with Crippen LogP contribution in [-0.2, 0) is 17.8 Å². The molecule has 3 N–H and O–H groups in total. The molecule has 2 heterocycles. The topological polar surface area (TPSA) is 75.0 Å². The van der Waals surface area contributed by atoms with E-state index in [1.54, 1.807) is 6.20 Å². The van der Waals surface area contributed by atoms with Crippen LogP contribution in [0.1, 0.15) is 30.4 Å². The molecule has 140 valence electrons. The number of pyridine rings is 1.